The second-order valence-electron chi connectivity index (χ2n) is 9.02. The summed E-state index contributed by atoms with van der Waals surface area (Å²) in [4.78, 5) is 13.4. The number of para-hydroxylation sites is 1. The lowest BCUT2D eigenvalue weighted by Crippen LogP contribution is -2.35. The van der Waals surface area contributed by atoms with Crippen LogP contribution < -0.4 is 0 Å². The van der Waals surface area contributed by atoms with Gasteiger partial charge in [0.2, 0.25) is 0 Å². The first-order chi connectivity index (χ1) is 15.4. The average molecular weight is 450 g/mol. The molecular formula is C26H27NO4S. The zero-order chi connectivity index (χ0) is 22.5. The van der Waals surface area contributed by atoms with E-state index in [2.05, 4.69) is 13.0 Å². The lowest BCUT2D eigenvalue weighted by Gasteiger charge is -2.35. The van der Waals surface area contributed by atoms with Crippen molar-refractivity contribution in [1.82, 2.24) is 3.97 Å². The number of aromatic nitrogens is 1. The number of carbonyl (C=O) groups excluding carboxylic acids is 1. The smallest absolute Gasteiger partial charge is 0.310 e. The van der Waals surface area contributed by atoms with Gasteiger partial charge in [0.1, 0.15) is 0 Å². The van der Waals surface area contributed by atoms with E-state index in [1.54, 1.807) is 36.5 Å². The maximum Gasteiger partial charge on any atom is 0.310 e. The Kier molecular flexibility index (Phi) is 5.01. The molecule has 0 N–H and O–H groups in total. The number of hydrogen-bond donors (Lipinski definition) is 0. The monoisotopic (exact) mass is 449 g/mol. The Bertz CT molecular complexity index is 1320. The van der Waals surface area contributed by atoms with Crippen molar-refractivity contribution in [2.75, 3.05) is 6.61 Å². The maximum atomic E-state index is 13.5. The largest absolute Gasteiger partial charge is 0.466 e. The van der Waals surface area contributed by atoms with Gasteiger partial charge in [0.25, 0.3) is 10.0 Å². The van der Waals surface area contributed by atoms with Gasteiger partial charge in [-0.15, -0.1) is 0 Å². The zero-order valence-electron chi connectivity index (χ0n) is 18.3. The minimum atomic E-state index is -3.78. The highest BCUT2D eigenvalue weighted by atomic mass is 32.2. The summed E-state index contributed by atoms with van der Waals surface area (Å²) < 4.78 is 33.9. The van der Waals surface area contributed by atoms with E-state index in [4.69, 9.17) is 4.74 Å². The van der Waals surface area contributed by atoms with E-state index in [-0.39, 0.29) is 28.1 Å². The lowest BCUT2D eigenvalue weighted by molar-refractivity contribution is -0.151. The Morgan fingerprint density at radius 1 is 1.09 bits per heavy atom. The fraction of sp³-hybridized carbons (Fsp3) is 0.346. The number of hydrogen-bond acceptors (Lipinski definition) is 4. The van der Waals surface area contributed by atoms with E-state index in [9.17, 15) is 13.2 Å². The lowest BCUT2D eigenvalue weighted by atomic mass is 9.68. The van der Waals surface area contributed by atoms with Gasteiger partial charge in [-0.05, 0) is 62.3 Å². The number of allylic oxidation sites excluding steroid dienone is 2. The molecule has 1 fully saturated rings. The summed E-state index contributed by atoms with van der Waals surface area (Å²) in [5.41, 5.74) is 2.66. The minimum Gasteiger partial charge on any atom is -0.466 e. The molecule has 1 aromatic heterocycles. The van der Waals surface area contributed by atoms with Crippen molar-refractivity contribution in [2.24, 2.45) is 11.3 Å². The van der Waals surface area contributed by atoms with Crippen molar-refractivity contribution < 1.29 is 17.9 Å². The van der Waals surface area contributed by atoms with Crippen LogP contribution in [0.2, 0.25) is 0 Å². The van der Waals surface area contributed by atoms with Gasteiger partial charge in [-0.25, -0.2) is 12.4 Å². The normalized spacial score (nSPS) is 22.0. The highest BCUT2D eigenvalue weighted by Gasteiger charge is 2.57. The van der Waals surface area contributed by atoms with Crippen molar-refractivity contribution in [3.05, 3.63) is 78.0 Å². The van der Waals surface area contributed by atoms with Gasteiger partial charge in [-0.1, -0.05) is 48.0 Å². The first-order valence-electron chi connectivity index (χ1n) is 11.1. The third-order valence-electron chi connectivity index (χ3n) is 6.91. The number of esters is 1. The highest BCUT2D eigenvalue weighted by Crippen LogP contribution is 2.63. The molecule has 3 aromatic rings. The molecule has 2 atom stereocenters. The molecule has 0 amide bonds. The zero-order valence-corrected chi connectivity index (χ0v) is 19.1. The number of benzene rings is 2. The van der Waals surface area contributed by atoms with Gasteiger partial charge < -0.3 is 4.74 Å². The molecule has 2 aliphatic rings. The number of ether oxygens (including phenoxy) is 1. The van der Waals surface area contributed by atoms with Crippen LogP contribution in [0.25, 0.3) is 10.9 Å². The molecule has 1 saturated carbocycles. The first-order valence-corrected chi connectivity index (χ1v) is 12.6. The predicted molar refractivity (Wildman–Crippen MR) is 124 cm³/mol. The summed E-state index contributed by atoms with van der Waals surface area (Å²) in [6, 6.07) is 16.0. The number of fused-ring (bicyclic) bond motifs is 1. The molecule has 6 heteroatoms. The van der Waals surface area contributed by atoms with E-state index < -0.39 is 10.0 Å². The van der Waals surface area contributed by atoms with E-state index >= 15 is 0 Å². The van der Waals surface area contributed by atoms with Crippen LogP contribution >= 0.6 is 0 Å². The van der Waals surface area contributed by atoms with E-state index in [0.717, 1.165) is 30.2 Å². The summed E-state index contributed by atoms with van der Waals surface area (Å²) in [7, 11) is -3.78. The van der Waals surface area contributed by atoms with Gasteiger partial charge in [-0.2, -0.15) is 0 Å². The van der Waals surface area contributed by atoms with Crippen LogP contribution in [-0.4, -0.2) is 25.0 Å². The summed E-state index contributed by atoms with van der Waals surface area (Å²) in [6.45, 7) is 4.27. The Hall–Kier alpha value is -2.86. The first kappa shape index (κ1) is 21.0. The molecular weight excluding hydrogens is 422 g/mol. The molecule has 2 aliphatic carbocycles. The molecule has 0 bridgehead atoms. The van der Waals surface area contributed by atoms with E-state index in [0.29, 0.717) is 12.1 Å². The molecule has 1 heterocycles. The Morgan fingerprint density at radius 2 is 1.78 bits per heavy atom. The fourth-order valence-corrected chi connectivity index (χ4v) is 6.80. The van der Waals surface area contributed by atoms with Crippen LogP contribution in [0.3, 0.4) is 0 Å². The number of nitrogens with zero attached hydrogens (tertiary/aromatic N) is 1. The topological polar surface area (TPSA) is 65.4 Å². The second-order valence-corrected chi connectivity index (χ2v) is 10.8. The molecule has 166 valence electrons. The van der Waals surface area contributed by atoms with Crippen LogP contribution in [0, 0.1) is 11.3 Å². The van der Waals surface area contributed by atoms with Crippen LogP contribution in [-0.2, 0) is 19.6 Å². The highest BCUT2D eigenvalue weighted by molar-refractivity contribution is 7.90. The Morgan fingerprint density at radius 3 is 2.47 bits per heavy atom. The third-order valence-corrected chi connectivity index (χ3v) is 8.60. The SMILES string of the molecule is CCOC(=O)[C@H]1[C@H](c2cn(S(=O)(=O)c3ccccc3)c3ccccc23)C=C(C)CC12CC2. The van der Waals surface area contributed by atoms with Crippen molar-refractivity contribution in [3.63, 3.8) is 0 Å². The van der Waals surface area contributed by atoms with Crippen LogP contribution in [0.4, 0.5) is 0 Å². The quantitative estimate of drug-likeness (QED) is 0.393. The number of rotatable bonds is 5. The second kappa shape index (κ2) is 7.62. The summed E-state index contributed by atoms with van der Waals surface area (Å²) >= 11 is 0. The Balaban J connectivity index is 1.71. The van der Waals surface area contributed by atoms with Gasteiger partial charge in [0.15, 0.2) is 0 Å². The maximum absolute atomic E-state index is 13.5. The average Bonchev–Trinajstić information content (AvgIpc) is 3.41. The van der Waals surface area contributed by atoms with Crippen molar-refractivity contribution in [2.45, 2.75) is 43.9 Å². The van der Waals surface area contributed by atoms with Gasteiger partial charge in [0, 0.05) is 17.5 Å². The minimum absolute atomic E-state index is 0.0722. The standard InChI is InChI=1S/C26H27NO4S/c1-3-31-25(28)24-21(15-18(2)16-26(24)13-14-26)22-17-27(23-12-8-7-11-20(22)23)32(29,30)19-9-5-4-6-10-19/h4-12,15,17,21,24H,3,13-14,16H2,1-2H3/t21-,24+/m0/s1. The van der Waals surface area contributed by atoms with Crippen LogP contribution in [0.15, 0.2) is 77.3 Å². The summed E-state index contributed by atoms with van der Waals surface area (Å²) in [5, 5.41) is 0.855. The molecule has 0 unspecified atom stereocenters. The van der Waals surface area contributed by atoms with Crippen molar-refractivity contribution in [1.29, 1.82) is 0 Å². The molecule has 2 aromatic carbocycles. The fourth-order valence-electron chi connectivity index (χ4n) is 5.40. The molecule has 5 nitrogen and oxygen atoms in total. The molecule has 0 saturated heterocycles. The van der Waals surface area contributed by atoms with Crippen molar-refractivity contribution >= 4 is 26.9 Å². The predicted octanol–water partition coefficient (Wildman–Crippen LogP) is 5.27. The van der Waals surface area contributed by atoms with Crippen LogP contribution in [0.1, 0.15) is 44.6 Å². The van der Waals surface area contributed by atoms with E-state index in [1.165, 1.54) is 9.55 Å². The summed E-state index contributed by atoms with van der Waals surface area (Å²) in [6.07, 6.45) is 6.76. The molecule has 32 heavy (non-hydrogen) atoms. The van der Waals surface area contributed by atoms with Crippen LogP contribution in [0.5, 0.6) is 0 Å². The van der Waals surface area contributed by atoms with Crippen molar-refractivity contribution in [3.8, 4) is 0 Å². The molecule has 0 aliphatic heterocycles. The van der Waals surface area contributed by atoms with E-state index in [1.807, 2.05) is 31.2 Å². The molecule has 1 spiro atoms. The molecule has 0 radical (unpaired) electrons. The summed E-state index contributed by atoms with van der Waals surface area (Å²) in [5.74, 6) is -0.700. The number of carbonyl (C=O) groups is 1. The van der Waals surface area contributed by atoms with Gasteiger partial charge in [0.05, 0.1) is 22.9 Å². The van der Waals surface area contributed by atoms with Gasteiger partial charge in [-0.3, -0.25) is 4.79 Å². The molecule has 5 rings (SSSR count). The van der Waals surface area contributed by atoms with Gasteiger partial charge >= 0.3 is 5.97 Å². The third kappa shape index (κ3) is 3.28. The Labute approximate surface area is 188 Å².